The number of hydrogen-bond donors (Lipinski definition) is 1. The largest absolute Gasteiger partial charge is 0.355 e. The minimum absolute atomic E-state index is 0.277. The summed E-state index contributed by atoms with van der Waals surface area (Å²) in [6.07, 6.45) is 3.38. The van der Waals surface area contributed by atoms with Crippen LogP contribution < -0.4 is 5.32 Å². The van der Waals surface area contributed by atoms with Gasteiger partial charge < -0.3 is 5.32 Å². The van der Waals surface area contributed by atoms with Crippen molar-refractivity contribution in [2.45, 2.75) is 51.7 Å². The van der Waals surface area contributed by atoms with Crippen molar-refractivity contribution in [1.29, 1.82) is 0 Å². The van der Waals surface area contributed by atoms with Gasteiger partial charge in [-0.05, 0) is 25.2 Å². The van der Waals surface area contributed by atoms with Crippen molar-refractivity contribution in [1.82, 2.24) is 5.32 Å². The van der Waals surface area contributed by atoms with Crippen LogP contribution in [-0.4, -0.2) is 23.0 Å². The molecule has 0 aromatic carbocycles. The summed E-state index contributed by atoms with van der Waals surface area (Å²) in [7, 11) is 0. The standard InChI is InChI=1S/C13H25NOS/c1-10-5-6-11(9-10)12(15)14-7-8-16-13(2,3)4/h10-11H,5-9H2,1-4H3,(H,14,15). The molecule has 16 heavy (non-hydrogen) atoms. The summed E-state index contributed by atoms with van der Waals surface area (Å²) in [6, 6.07) is 0. The molecule has 0 heterocycles. The third kappa shape index (κ3) is 5.24. The predicted molar refractivity (Wildman–Crippen MR) is 71.7 cm³/mol. The Bertz CT molecular complexity index is 235. The Kier molecular flexibility index (Phi) is 5.16. The fourth-order valence-corrected chi connectivity index (χ4v) is 2.94. The Labute approximate surface area is 104 Å². The number of nitrogens with one attached hydrogen (secondary N) is 1. The number of hydrogen-bond acceptors (Lipinski definition) is 2. The minimum atomic E-state index is 0.277. The topological polar surface area (TPSA) is 29.1 Å². The zero-order valence-corrected chi connectivity index (χ0v) is 11.8. The highest BCUT2D eigenvalue weighted by atomic mass is 32.2. The van der Waals surface area contributed by atoms with Gasteiger partial charge in [-0.25, -0.2) is 0 Å². The second-order valence-corrected chi connectivity index (χ2v) is 7.79. The highest BCUT2D eigenvalue weighted by Gasteiger charge is 2.26. The molecule has 1 amide bonds. The van der Waals surface area contributed by atoms with E-state index in [-0.39, 0.29) is 11.8 Å². The lowest BCUT2D eigenvalue weighted by atomic mass is 10.1. The third-order valence-electron chi connectivity index (χ3n) is 3.00. The molecule has 94 valence electrons. The normalized spacial score (nSPS) is 25.8. The lowest BCUT2D eigenvalue weighted by molar-refractivity contribution is -0.124. The van der Waals surface area contributed by atoms with Gasteiger partial charge in [-0.1, -0.05) is 27.7 Å². The third-order valence-corrected chi connectivity index (χ3v) is 4.28. The smallest absolute Gasteiger partial charge is 0.223 e. The number of carbonyl (C=O) groups is 1. The molecule has 2 unspecified atom stereocenters. The van der Waals surface area contributed by atoms with Gasteiger partial charge in [-0.15, -0.1) is 0 Å². The first-order chi connectivity index (χ1) is 7.38. The molecule has 2 nitrogen and oxygen atoms in total. The summed E-state index contributed by atoms with van der Waals surface area (Å²) in [5.74, 6) is 2.31. The molecule has 0 bridgehead atoms. The molecule has 1 N–H and O–H groups in total. The van der Waals surface area contributed by atoms with Crippen LogP contribution in [-0.2, 0) is 4.79 Å². The summed E-state index contributed by atoms with van der Waals surface area (Å²) in [4.78, 5) is 11.8. The van der Waals surface area contributed by atoms with E-state index in [1.54, 1.807) is 0 Å². The molecular formula is C13H25NOS. The Hall–Kier alpha value is -0.180. The number of amides is 1. The molecule has 0 aromatic heterocycles. The van der Waals surface area contributed by atoms with Gasteiger partial charge in [-0.2, -0.15) is 11.8 Å². The first kappa shape index (κ1) is 13.9. The van der Waals surface area contributed by atoms with Crippen LogP contribution in [0.4, 0.5) is 0 Å². The molecular weight excluding hydrogens is 218 g/mol. The Balaban J connectivity index is 2.11. The maximum Gasteiger partial charge on any atom is 0.223 e. The van der Waals surface area contributed by atoms with Crippen LogP contribution in [0.5, 0.6) is 0 Å². The molecule has 0 saturated heterocycles. The summed E-state index contributed by atoms with van der Waals surface area (Å²) < 4.78 is 0.298. The predicted octanol–water partition coefficient (Wildman–Crippen LogP) is 3.07. The van der Waals surface area contributed by atoms with Gasteiger partial charge in [0, 0.05) is 23.0 Å². The average molecular weight is 243 g/mol. The Morgan fingerprint density at radius 3 is 2.56 bits per heavy atom. The molecule has 0 aromatic rings. The van der Waals surface area contributed by atoms with Crippen molar-refractivity contribution in [3.8, 4) is 0 Å². The lowest BCUT2D eigenvalue weighted by Gasteiger charge is -2.18. The monoisotopic (exact) mass is 243 g/mol. The molecule has 0 radical (unpaired) electrons. The second-order valence-electron chi connectivity index (χ2n) is 5.87. The fraction of sp³-hybridized carbons (Fsp3) is 0.923. The molecule has 1 aliphatic rings. The highest BCUT2D eigenvalue weighted by Crippen LogP contribution is 2.30. The van der Waals surface area contributed by atoms with Crippen molar-refractivity contribution in [2.75, 3.05) is 12.3 Å². The molecule has 1 aliphatic carbocycles. The highest BCUT2D eigenvalue weighted by molar-refractivity contribution is 8.00. The van der Waals surface area contributed by atoms with E-state index in [2.05, 4.69) is 33.0 Å². The van der Waals surface area contributed by atoms with Crippen LogP contribution in [0.3, 0.4) is 0 Å². The van der Waals surface area contributed by atoms with E-state index in [4.69, 9.17) is 0 Å². The Morgan fingerprint density at radius 2 is 2.06 bits per heavy atom. The van der Waals surface area contributed by atoms with Crippen LogP contribution >= 0.6 is 11.8 Å². The first-order valence-electron chi connectivity index (χ1n) is 6.30. The van der Waals surface area contributed by atoms with E-state index >= 15 is 0 Å². The summed E-state index contributed by atoms with van der Waals surface area (Å²) >= 11 is 1.90. The molecule has 2 atom stereocenters. The minimum Gasteiger partial charge on any atom is -0.355 e. The van der Waals surface area contributed by atoms with E-state index in [0.717, 1.165) is 31.1 Å². The molecule has 1 rings (SSSR count). The van der Waals surface area contributed by atoms with Crippen LogP contribution in [0.25, 0.3) is 0 Å². The van der Waals surface area contributed by atoms with Crippen molar-refractivity contribution < 1.29 is 4.79 Å². The van der Waals surface area contributed by atoms with Crippen LogP contribution in [0.2, 0.25) is 0 Å². The molecule has 1 fully saturated rings. The molecule has 1 saturated carbocycles. The quantitative estimate of drug-likeness (QED) is 0.769. The molecule has 0 spiro atoms. The maximum atomic E-state index is 11.8. The lowest BCUT2D eigenvalue weighted by Crippen LogP contribution is -2.31. The van der Waals surface area contributed by atoms with E-state index in [1.165, 1.54) is 6.42 Å². The van der Waals surface area contributed by atoms with Gasteiger partial charge in [0.25, 0.3) is 0 Å². The van der Waals surface area contributed by atoms with Crippen molar-refractivity contribution in [3.05, 3.63) is 0 Å². The molecule has 0 aliphatic heterocycles. The number of rotatable bonds is 4. The molecule has 3 heteroatoms. The van der Waals surface area contributed by atoms with Crippen LogP contribution in [0.1, 0.15) is 47.0 Å². The van der Waals surface area contributed by atoms with Gasteiger partial charge in [0.2, 0.25) is 5.91 Å². The SMILES string of the molecule is CC1CCC(C(=O)NCCSC(C)(C)C)C1. The van der Waals surface area contributed by atoms with E-state index in [0.29, 0.717) is 4.75 Å². The average Bonchev–Trinajstić information content (AvgIpc) is 2.57. The van der Waals surface area contributed by atoms with Crippen molar-refractivity contribution in [2.24, 2.45) is 11.8 Å². The maximum absolute atomic E-state index is 11.8. The summed E-state index contributed by atoms with van der Waals surface area (Å²) in [5, 5.41) is 3.06. The van der Waals surface area contributed by atoms with Crippen LogP contribution in [0, 0.1) is 11.8 Å². The first-order valence-corrected chi connectivity index (χ1v) is 7.29. The number of thioether (sulfide) groups is 1. The number of carbonyl (C=O) groups excluding carboxylic acids is 1. The fourth-order valence-electron chi connectivity index (χ4n) is 2.12. The van der Waals surface area contributed by atoms with Gasteiger partial charge in [-0.3, -0.25) is 4.79 Å². The second kappa shape index (κ2) is 5.95. The van der Waals surface area contributed by atoms with Crippen molar-refractivity contribution >= 4 is 17.7 Å². The van der Waals surface area contributed by atoms with E-state index in [9.17, 15) is 4.79 Å². The summed E-state index contributed by atoms with van der Waals surface area (Å²) in [6.45, 7) is 9.67. The van der Waals surface area contributed by atoms with Crippen LogP contribution in [0.15, 0.2) is 0 Å². The Morgan fingerprint density at radius 1 is 1.38 bits per heavy atom. The van der Waals surface area contributed by atoms with Gasteiger partial charge in [0.1, 0.15) is 0 Å². The van der Waals surface area contributed by atoms with Crippen molar-refractivity contribution in [3.63, 3.8) is 0 Å². The van der Waals surface area contributed by atoms with E-state index < -0.39 is 0 Å². The van der Waals surface area contributed by atoms with E-state index in [1.807, 2.05) is 11.8 Å². The van der Waals surface area contributed by atoms with Gasteiger partial charge in [0.15, 0.2) is 0 Å². The van der Waals surface area contributed by atoms with Gasteiger partial charge in [0.05, 0.1) is 0 Å². The zero-order valence-electron chi connectivity index (χ0n) is 11.0. The summed E-state index contributed by atoms with van der Waals surface area (Å²) in [5.41, 5.74) is 0. The zero-order chi connectivity index (χ0) is 12.2. The van der Waals surface area contributed by atoms with Gasteiger partial charge >= 0.3 is 0 Å².